The van der Waals surface area contributed by atoms with E-state index in [4.69, 9.17) is 34.8 Å². The van der Waals surface area contributed by atoms with E-state index in [9.17, 15) is 9.59 Å². The first-order valence-corrected chi connectivity index (χ1v) is 7.43. The average Bonchev–Trinajstić information content (AvgIpc) is 2.27. The lowest BCUT2D eigenvalue weighted by Gasteiger charge is -2.16. The zero-order valence-electron chi connectivity index (χ0n) is 10.1. The minimum Gasteiger partial charge on any atom is -0.284 e. The Balaban J connectivity index is 2.95. The fourth-order valence-corrected chi connectivity index (χ4v) is 2.59. The lowest BCUT2D eigenvalue weighted by molar-refractivity contribution is -0.115. The molecular weight excluding hydrogens is 331 g/mol. The molecule has 0 aliphatic rings. The molecule has 2 amide bonds. The number of halogens is 3. The fraction of sp³-hybridized carbons (Fsp3) is 0.273. The number of carbonyl (C=O) groups excluding carboxylic acids is 2. The van der Waals surface area contributed by atoms with Crippen molar-refractivity contribution in [3.63, 3.8) is 0 Å². The summed E-state index contributed by atoms with van der Waals surface area (Å²) in [6, 6.07) is 6.84. The zero-order chi connectivity index (χ0) is 14.6. The molecule has 1 aromatic carbocycles. The number of nitrogens with one attached hydrogen (secondary N) is 1. The number of rotatable bonds is 2. The van der Waals surface area contributed by atoms with Crippen molar-refractivity contribution in [1.29, 1.82) is 0 Å². The molecule has 1 atom stereocenters. The molecule has 0 aromatic heterocycles. The lowest BCUT2D eigenvalue weighted by atomic mass is 10.1. The molecule has 0 bridgehead atoms. The van der Waals surface area contributed by atoms with E-state index in [0.717, 1.165) is 5.56 Å². The van der Waals surface area contributed by atoms with E-state index < -0.39 is 25.8 Å². The maximum Gasteiger partial charge on any atom is 0.265 e. The van der Waals surface area contributed by atoms with E-state index in [1.807, 2.05) is 6.92 Å². The van der Waals surface area contributed by atoms with Crippen molar-refractivity contribution >= 4 is 57.5 Å². The molecule has 19 heavy (non-hydrogen) atoms. The third kappa shape index (κ3) is 5.48. The first kappa shape index (κ1) is 16.4. The van der Waals surface area contributed by atoms with Crippen LogP contribution in [0.5, 0.6) is 0 Å². The molecule has 0 heterocycles. The van der Waals surface area contributed by atoms with Crippen LogP contribution < -0.4 is 4.72 Å². The number of carbonyl (C=O) groups is 2. The molecule has 0 saturated carbocycles. The van der Waals surface area contributed by atoms with Crippen molar-refractivity contribution in [1.82, 2.24) is 4.72 Å². The second-order valence-corrected chi connectivity index (χ2v) is 8.16. The molecule has 0 spiro atoms. The molecule has 0 aliphatic carbocycles. The number of aryl methyl sites for hydroxylation is 1. The van der Waals surface area contributed by atoms with E-state index in [-0.39, 0.29) is 0 Å². The first-order valence-electron chi connectivity index (χ1n) is 5.11. The van der Waals surface area contributed by atoms with Gasteiger partial charge in [0.1, 0.15) is 0 Å². The Hall–Kier alpha value is -0.620. The Morgan fingerprint density at radius 1 is 1.21 bits per heavy atom. The molecule has 104 valence electrons. The molecule has 1 unspecified atom stereocenters. The molecule has 1 N–H and O–H groups in total. The van der Waals surface area contributed by atoms with Gasteiger partial charge in [-0.05, 0) is 19.1 Å². The van der Waals surface area contributed by atoms with Gasteiger partial charge in [0, 0.05) is 12.5 Å². The number of hydrogen-bond donors (Lipinski definition) is 1. The van der Waals surface area contributed by atoms with Crippen molar-refractivity contribution in [3.8, 4) is 0 Å². The quantitative estimate of drug-likeness (QED) is 0.839. The highest BCUT2D eigenvalue weighted by Gasteiger charge is 2.29. The largest absolute Gasteiger partial charge is 0.284 e. The van der Waals surface area contributed by atoms with Crippen molar-refractivity contribution in [3.05, 3.63) is 35.4 Å². The summed E-state index contributed by atoms with van der Waals surface area (Å²) in [5.41, 5.74) is 1.42. The summed E-state index contributed by atoms with van der Waals surface area (Å²) in [6.07, 6.45) is 0. The van der Waals surface area contributed by atoms with Crippen LogP contribution in [0.25, 0.3) is 0 Å². The van der Waals surface area contributed by atoms with Gasteiger partial charge >= 0.3 is 0 Å². The highest BCUT2D eigenvalue weighted by atomic mass is 35.6. The predicted octanol–water partition coefficient (Wildman–Crippen LogP) is 3.32. The van der Waals surface area contributed by atoms with Gasteiger partial charge in [0.15, 0.2) is 0 Å². The first-order chi connectivity index (χ1) is 8.70. The summed E-state index contributed by atoms with van der Waals surface area (Å²) < 4.78 is 4.15. The number of alkyl halides is 3. The monoisotopic (exact) mass is 340 g/mol. The topological polar surface area (TPSA) is 58.5 Å². The number of nitrogens with zero attached hydrogens (tertiary/aromatic N) is 1. The standard InChI is InChI=1S/C11H11Cl3N2O2S/c1-7-3-5-9(6-4-7)10(18)16-19(11(12,13)14)15-8(2)17/h3-6H,1-2H3,(H,15,16,17,18). The summed E-state index contributed by atoms with van der Waals surface area (Å²) in [4.78, 5) is 22.9. The van der Waals surface area contributed by atoms with Crippen LogP contribution in [0.2, 0.25) is 0 Å². The molecule has 0 fully saturated rings. The second-order valence-electron chi connectivity index (χ2n) is 3.64. The molecule has 8 heteroatoms. The normalized spacial score (nSPS) is 13.1. The van der Waals surface area contributed by atoms with Crippen LogP contribution in [0, 0.1) is 6.92 Å². The van der Waals surface area contributed by atoms with Crippen LogP contribution in [0.1, 0.15) is 22.8 Å². The van der Waals surface area contributed by atoms with Crippen molar-refractivity contribution in [2.45, 2.75) is 17.0 Å². The van der Waals surface area contributed by atoms with Crippen LogP contribution in [0.3, 0.4) is 0 Å². The Labute approximate surface area is 128 Å². The molecule has 4 nitrogen and oxygen atoms in total. The van der Waals surface area contributed by atoms with E-state index in [2.05, 4.69) is 9.08 Å². The summed E-state index contributed by atoms with van der Waals surface area (Å²) in [5, 5.41) is 0. The van der Waals surface area contributed by atoms with Gasteiger partial charge in [0.25, 0.3) is 9.03 Å². The SMILES string of the molecule is CC(=O)N=S(NC(=O)c1ccc(C)cc1)C(Cl)(Cl)Cl. The maximum atomic E-state index is 11.9. The zero-order valence-corrected chi connectivity index (χ0v) is 13.2. The van der Waals surface area contributed by atoms with Crippen LogP contribution in [-0.4, -0.2) is 14.9 Å². The Kier molecular flexibility index (Phi) is 5.80. The fourth-order valence-electron chi connectivity index (χ4n) is 1.11. The molecule has 0 radical (unpaired) electrons. The van der Waals surface area contributed by atoms with Gasteiger partial charge in [0.05, 0.1) is 10.9 Å². The number of amides is 2. The van der Waals surface area contributed by atoms with Crippen LogP contribution in [0.4, 0.5) is 0 Å². The molecular formula is C11H11Cl3N2O2S. The van der Waals surface area contributed by atoms with Crippen molar-refractivity contribution < 1.29 is 9.59 Å². The lowest BCUT2D eigenvalue weighted by Crippen LogP contribution is -2.33. The number of hydrogen-bond acceptors (Lipinski definition) is 2. The second kappa shape index (κ2) is 6.70. The summed E-state index contributed by atoms with van der Waals surface area (Å²) in [5.74, 6) is -0.987. The molecule has 1 rings (SSSR count). The Morgan fingerprint density at radius 3 is 2.16 bits per heavy atom. The summed E-state index contributed by atoms with van der Waals surface area (Å²) >= 11 is 17.0. The van der Waals surface area contributed by atoms with Crippen LogP contribution in [-0.2, 0) is 15.7 Å². The molecule has 1 aromatic rings. The van der Waals surface area contributed by atoms with E-state index in [0.29, 0.717) is 5.56 Å². The summed E-state index contributed by atoms with van der Waals surface area (Å²) in [7, 11) is -1.54. The Morgan fingerprint density at radius 2 is 1.74 bits per heavy atom. The van der Waals surface area contributed by atoms with E-state index >= 15 is 0 Å². The minimum atomic E-state index is -1.87. The minimum absolute atomic E-state index is 0.399. The molecule has 0 aliphatic heterocycles. The van der Waals surface area contributed by atoms with Crippen molar-refractivity contribution in [2.75, 3.05) is 0 Å². The maximum absolute atomic E-state index is 11.9. The predicted molar refractivity (Wildman–Crippen MR) is 79.4 cm³/mol. The van der Waals surface area contributed by atoms with Crippen LogP contribution >= 0.6 is 34.8 Å². The van der Waals surface area contributed by atoms with Gasteiger partial charge in [-0.25, -0.2) is 0 Å². The highest BCUT2D eigenvalue weighted by molar-refractivity contribution is 7.92. The Bertz CT molecular complexity index is 524. The average molecular weight is 342 g/mol. The number of benzene rings is 1. The van der Waals surface area contributed by atoms with Crippen LogP contribution in [0.15, 0.2) is 28.6 Å². The smallest absolute Gasteiger partial charge is 0.265 e. The van der Waals surface area contributed by atoms with Crippen molar-refractivity contribution in [2.24, 2.45) is 4.36 Å². The summed E-state index contributed by atoms with van der Waals surface area (Å²) in [6.45, 7) is 3.12. The van der Waals surface area contributed by atoms with Gasteiger partial charge in [-0.1, -0.05) is 52.5 Å². The van der Waals surface area contributed by atoms with E-state index in [1.54, 1.807) is 24.3 Å². The van der Waals surface area contributed by atoms with Gasteiger partial charge in [-0.3, -0.25) is 14.3 Å². The third-order valence-electron chi connectivity index (χ3n) is 1.94. The highest BCUT2D eigenvalue weighted by Crippen LogP contribution is 2.30. The third-order valence-corrected chi connectivity index (χ3v) is 4.51. The van der Waals surface area contributed by atoms with Gasteiger partial charge in [0.2, 0.25) is 5.91 Å². The van der Waals surface area contributed by atoms with Gasteiger partial charge in [-0.15, -0.1) is 0 Å². The van der Waals surface area contributed by atoms with Gasteiger partial charge < -0.3 is 0 Å². The van der Waals surface area contributed by atoms with Gasteiger partial charge in [-0.2, -0.15) is 4.36 Å². The van der Waals surface area contributed by atoms with E-state index in [1.165, 1.54) is 6.92 Å². The molecule has 0 saturated heterocycles.